The zero-order valence-electron chi connectivity index (χ0n) is 7.53. The Morgan fingerprint density at radius 3 is 2.15 bits per heavy atom. The molecule has 0 amide bonds. The maximum absolute atomic E-state index is 5.52. The van der Waals surface area contributed by atoms with Crippen molar-refractivity contribution in [2.24, 2.45) is 0 Å². The normalized spacial score (nSPS) is 8.38. The van der Waals surface area contributed by atoms with Gasteiger partial charge in [0.25, 0.3) is 0 Å². The third kappa shape index (κ3) is 5.75. The van der Waals surface area contributed by atoms with Gasteiger partial charge in [0.05, 0.1) is 6.61 Å². The molecule has 1 aromatic rings. The molecule has 76 valence electrons. The fourth-order valence-corrected chi connectivity index (χ4v) is 0.904. The predicted molar refractivity (Wildman–Crippen MR) is 60.9 cm³/mol. The Hall–Kier alpha value is -0.440. The van der Waals surface area contributed by atoms with Crippen LogP contribution < -0.4 is 5.73 Å². The van der Waals surface area contributed by atoms with Crippen LogP contribution >= 0.6 is 24.8 Å². The molecule has 0 bridgehead atoms. The minimum absolute atomic E-state index is 0. The average molecular weight is 224 g/mol. The first-order valence-electron chi connectivity index (χ1n) is 3.66. The zero-order valence-corrected chi connectivity index (χ0v) is 9.16. The summed E-state index contributed by atoms with van der Waals surface area (Å²) in [6, 6.07) is 7.86. The third-order valence-electron chi connectivity index (χ3n) is 1.57. The molecule has 0 heterocycles. The second-order valence-corrected chi connectivity index (χ2v) is 2.48. The topological polar surface area (TPSA) is 35.2 Å². The highest BCUT2D eigenvalue weighted by Crippen LogP contribution is 2.05. The third-order valence-corrected chi connectivity index (χ3v) is 1.57. The number of hydrogen-bond donors (Lipinski definition) is 1. The number of methoxy groups -OCH3 is 1. The lowest BCUT2D eigenvalue weighted by Gasteiger charge is -1.99. The molecule has 0 saturated carbocycles. The van der Waals surface area contributed by atoms with Crippen molar-refractivity contribution in [2.45, 2.75) is 6.42 Å². The van der Waals surface area contributed by atoms with E-state index in [9.17, 15) is 0 Å². The standard InChI is InChI=1S/C9H13NO.2ClH/c1-11-7-6-8-2-4-9(10)5-3-8;;/h2-5H,6-7,10H2,1H3;2*1H. The van der Waals surface area contributed by atoms with E-state index < -0.39 is 0 Å². The number of benzene rings is 1. The van der Waals surface area contributed by atoms with Crippen LogP contribution in [0, 0.1) is 0 Å². The second kappa shape index (κ2) is 8.17. The van der Waals surface area contributed by atoms with Gasteiger partial charge < -0.3 is 10.5 Å². The van der Waals surface area contributed by atoms with Crippen molar-refractivity contribution in [1.29, 1.82) is 0 Å². The molecule has 0 fully saturated rings. The molecule has 0 aliphatic carbocycles. The minimum atomic E-state index is 0. The van der Waals surface area contributed by atoms with E-state index in [2.05, 4.69) is 0 Å². The van der Waals surface area contributed by atoms with Crippen molar-refractivity contribution in [3.63, 3.8) is 0 Å². The molecule has 0 radical (unpaired) electrons. The maximum Gasteiger partial charge on any atom is 0.0502 e. The van der Waals surface area contributed by atoms with E-state index >= 15 is 0 Å². The van der Waals surface area contributed by atoms with Gasteiger partial charge in [-0.15, -0.1) is 24.8 Å². The molecule has 1 rings (SSSR count). The van der Waals surface area contributed by atoms with Gasteiger partial charge in [-0.3, -0.25) is 0 Å². The number of halogens is 2. The summed E-state index contributed by atoms with van der Waals surface area (Å²) in [5.41, 5.74) is 7.60. The number of nitrogen functional groups attached to an aromatic ring is 1. The lowest BCUT2D eigenvalue weighted by atomic mass is 10.1. The van der Waals surface area contributed by atoms with Crippen molar-refractivity contribution in [2.75, 3.05) is 19.5 Å². The van der Waals surface area contributed by atoms with E-state index in [1.807, 2.05) is 24.3 Å². The smallest absolute Gasteiger partial charge is 0.0502 e. The van der Waals surface area contributed by atoms with Crippen molar-refractivity contribution < 1.29 is 4.74 Å². The van der Waals surface area contributed by atoms with Crippen molar-refractivity contribution in [3.8, 4) is 0 Å². The quantitative estimate of drug-likeness (QED) is 0.799. The van der Waals surface area contributed by atoms with E-state index in [0.29, 0.717) is 0 Å². The van der Waals surface area contributed by atoms with Gasteiger partial charge in [0.1, 0.15) is 0 Å². The Balaban J connectivity index is 0. The maximum atomic E-state index is 5.52. The SMILES string of the molecule is COCCc1ccc(N)cc1.Cl.Cl. The van der Waals surface area contributed by atoms with Crippen LogP contribution in [0.15, 0.2) is 24.3 Å². The summed E-state index contributed by atoms with van der Waals surface area (Å²) in [7, 11) is 1.71. The summed E-state index contributed by atoms with van der Waals surface area (Å²) in [6.45, 7) is 0.768. The lowest BCUT2D eigenvalue weighted by Crippen LogP contribution is -1.94. The highest BCUT2D eigenvalue weighted by molar-refractivity contribution is 5.85. The monoisotopic (exact) mass is 223 g/mol. The number of rotatable bonds is 3. The summed E-state index contributed by atoms with van der Waals surface area (Å²) in [6.07, 6.45) is 0.955. The molecular weight excluding hydrogens is 209 g/mol. The highest BCUT2D eigenvalue weighted by Gasteiger charge is 1.90. The summed E-state index contributed by atoms with van der Waals surface area (Å²) in [5, 5.41) is 0. The predicted octanol–water partition coefficient (Wildman–Crippen LogP) is 2.30. The molecule has 0 saturated heterocycles. The van der Waals surface area contributed by atoms with Gasteiger partial charge in [-0.1, -0.05) is 12.1 Å². The molecule has 0 spiro atoms. The van der Waals surface area contributed by atoms with Gasteiger partial charge in [0, 0.05) is 12.8 Å². The van der Waals surface area contributed by atoms with Crippen LogP contribution in [-0.2, 0) is 11.2 Å². The van der Waals surface area contributed by atoms with Crippen LogP contribution in [0.5, 0.6) is 0 Å². The first-order chi connectivity index (χ1) is 5.33. The molecule has 0 unspecified atom stereocenters. The zero-order chi connectivity index (χ0) is 8.10. The number of ether oxygens (including phenoxy) is 1. The summed E-state index contributed by atoms with van der Waals surface area (Å²) < 4.78 is 4.94. The number of nitrogens with two attached hydrogens (primary N) is 1. The average Bonchev–Trinajstić information content (AvgIpc) is 2.04. The number of hydrogen-bond acceptors (Lipinski definition) is 2. The lowest BCUT2D eigenvalue weighted by molar-refractivity contribution is 0.202. The van der Waals surface area contributed by atoms with Crippen LogP contribution in [-0.4, -0.2) is 13.7 Å². The Kier molecular flexibility index (Phi) is 9.46. The molecule has 2 nitrogen and oxygen atoms in total. The van der Waals surface area contributed by atoms with Gasteiger partial charge in [0.15, 0.2) is 0 Å². The first kappa shape index (κ1) is 15.1. The van der Waals surface area contributed by atoms with Crippen LogP contribution in [0.4, 0.5) is 5.69 Å². The highest BCUT2D eigenvalue weighted by atomic mass is 35.5. The summed E-state index contributed by atoms with van der Waals surface area (Å²) >= 11 is 0. The van der Waals surface area contributed by atoms with Crippen LogP contribution in [0.2, 0.25) is 0 Å². The van der Waals surface area contributed by atoms with Crippen LogP contribution in [0.3, 0.4) is 0 Å². The fraction of sp³-hybridized carbons (Fsp3) is 0.333. The van der Waals surface area contributed by atoms with Gasteiger partial charge in [0.2, 0.25) is 0 Å². The largest absolute Gasteiger partial charge is 0.399 e. The van der Waals surface area contributed by atoms with Gasteiger partial charge >= 0.3 is 0 Å². The van der Waals surface area contributed by atoms with Gasteiger partial charge in [-0.05, 0) is 24.1 Å². The molecule has 0 aliphatic heterocycles. The molecule has 0 atom stereocenters. The Bertz CT molecular complexity index is 213. The van der Waals surface area contributed by atoms with E-state index in [4.69, 9.17) is 10.5 Å². The Morgan fingerprint density at radius 1 is 1.15 bits per heavy atom. The van der Waals surface area contributed by atoms with Crippen molar-refractivity contribution >= 4 is 30.5 Å². The molecule has 1 aromatic carbocycles. The summed E-state index contributed by atoms with van der Waals surface area (Å²) in [5.74, 6) is 0. The Labute approximate surface area is 91.3 Å². The van der Waals surface area contributed by atoms with Crippen molar-refractivity contribution in [1.82, 2.24) is 0 Å². The molecule has 2 N–H and O–H groups in total. The van der Waals surface area contributed by atoms with Gasteiger partial charge in [-0.2, -0.15) is 0 Å². The van der Waals surface area contributed by atoms with Crippen LogP contribution in [0.25, 0.3) is 0 Å². The van der Waals surface area contributed by atoms with E-state index in [1.54, 1.807) is 7.11 Å². The van der Waals surface area contributed by atoms with E-state index in [0.717, 1.165) is 18.7 Å². The molecule has 13 heavy (non-hydrogen) atoms. The van der Waals surface area contributed by atoms with Crippen LogP contribution in [0.1, 0.15) is 5.56 Å². The Morgan fingerprint density at radius 2 is 1.69 bits per heavy atom. The first-order valence-corrected chi connectivity index (χ1v) is 3.66. The minimum Gasteiger partial charge on any atom is -0.399 e. The van der Waals surface area contributed by atoms with Gasteiger partial charge in [-0.25, -0.2) is 0 Å². The number of anilines is 1. The van der Waals surface area contributed by atoms with E-state index in [-0.39, 0.29) is 24.8 Å². The molecular formula is C9H15Cl2NO. The molecule has 4 heteroatoms. The summed E-state index contributed by atoms with van der Waals surface area (Å²) in [4.78, 5) is 0. The molecule has 0 aliphatic rings. The van der Waals surface area contributed by atoms with Crippen molar-refractivity contribution in [3.05, 3.63) is 29.8 Å². The van der Waals surface area contributed by atoms with E-state index in [1.165, 1.54) is 5.56 Å². The molecule has 0 aromatic heterocycles. The second-order valence-electron chi connectivity index (χ2n) is 2.48. The fourth-order valence-electron chi connectivity index (χ4n) is 0.904.